The van der Waals surface area contributed by atoms with Crippen LogP contribution in [0.1, 0.15) is 65.7 Å². The van der Waals surface area contributed by atoms with Gasteiger partial charge in [-0.3, -0.25) is 19.2 Å². The summed E-state index contributed by atoms with van der Waals surface area (Å²) in [6, 6.07) is 0. The largest absolute Gasteiger partial charge is 0.465 e. The van der Waals surface area contributed by atoms with Crippen LogP contribution < -0.4 is 0 Å². The Labute approximate surface area is 171 Å². The second-order valence-electron chi connectivity index (χ2n) is 9.64. The van der Waals surface area contributed by atoms with Crippen LogP contribution in [0.25, 0.3) is 0 Å². The predicted molar refractivity (Wildman–Crippen MR) is 104 cm³/mol. The lowest BCUT2D eigenvalue weighted by molar-refractivity contribution is -0.163. The molecule has 0 aromatic carbocycles. The molecule has 6 atom stereocenters. The second-order valence-corrected chi connectivity index (χ2v) is 9.64. The third kappa shape index (κ3) is 3.15. The summed E-state index contributed by atoms with van der Waals surface area (Å²) < 4.78 is 10.9. The number of esters is 2. The van der Waals surface area contributed by atoms with Gasteiger partial charge in [0.1, 0.15) is 12.4 Å². The van der Waals surface area contributed by atoms with Gasteiger partial charge in [0.15, 0.2) is 11.9 Å². The number of ketones is 2. The van der Waals surface area contributed by atoms with Crippen molar-refractivity contribution in [1.29, 1.82) is 0 Å². The zero-order valence-electron chi connectivity index (χ0n) is 17.5. The van der Waals surface area contributed by atoms with Crippen molar-refractivity contribution >= 4 is 23.5 Å². The Morgan fingerprint density at radius 1 is 1.07 bits per heavy atom. The molecule has 0 aromatic heterocycles. The predicted octanol–water partition coefficient (Wildman–Crippen LogP) is 3.17. The smallest absolute Gasteiger partial charge is 0.303 e. The fraction of sp³-hybridized carbons (Fsp3) is 0.739. The molecule has 6 nitrogen and oxygen atoms in total. The average molecular weight is 402 g/mol. The van der Waals surface area contributed by atoms with Crippen molar-refractivity contribution in [3.8, 4) is 0 Å². The SMILES string of the molecule is CC(=O)OC[C@]12C[C@H](OC(C)=O)C(=O)C=C1CC[C@@H]1[C@@H]2CC[C@]2(C)C(=O)CC[C@@H]12. The first-order valence-corrected chi connectivity index (χ1v) is 10.8. The van der Waals surface area contributed by atoms with Crippen molar-refractivity contribution in [3.63, 3.8) is 0 Å². The third-order valence-electron chi connectivity index (χ3n) is 8.27. The van der Waals surface area contributed by atoms with E-state index in [2.05, 4.69) is 6.92 Å². The molecule has 0 N–H and O–H groups in total. The maximum Gasteiger partial charge on any atom is 0.303 e. The van der Waals surface area contributed by atoms with E-state index in [0.29, 0.717) is 30.5 Å². The van der Waals surface area contributed by atoms with Gasteiger partial charge < -0.3 is 9.47 Å². The quantitative estimate of drug-likeness (QED) is 0.674. The molecular formula is C23H30O6. The van der Waals surface area contributed by atoms with Crippen molar-refractivity contribution < 1.29 is 28.7 Å². The summed E-state index contributed by atoms with van der Waals surface area (Å²) in [7, 11) is 0. The molecule has 0 bridgehead atoms. The molecule has 0 saturated heterocycles. The lowest BCUT2D eigenvalue weighted by Crippen LogP contribution is -2.55. The zero-order valence-corrected chi connectivity index (χ0v) is 17.5. The van der Waals surface area contributed by atoms with E-state index in [4.69, 9.17) is 9.47 Å². The van der Waals surface area contributed by atoms with E-state index in [1.165, 1.54) is 13.8 Å². The van der Waals surface area contributed by atoms with Crippen LogP contribution >= 0.6 is 0 Å². The number of carbonyl (C=O) groups is 4. The minimum absolute atomic E-state index is 0.177. The molecule has 4 rings (SSSR count). The van der Waals surface area contributed by atoms with Crippen LogP contribution in [-0.4, -0.2) is 36.2 Å². The Morgan fingerprint density at radius 2 is 1.83 bits per heavy atom. The molecule has 0 aliphatic heterocycles. The van der Waals surface area contributed by atoms with E-state index >= 15 is 0 Å². The highest BCUT2D eigenvalue weighted by Crippen LogP contribution is 2.64. The molecule has 0 heterocycles. The standard InChI is InChI=1S/C23H30O6/c1-13(24)28-12-23-11-20(29-14(2)25)19(26)10-15(23)4-5-16-17-6-7-21(27)22(17,3)9-8-18(16)23/h10,16-18,20H,4-9,11-12H2,1-3H3/t16-,17-,18-,20-,22-,23+/m0/s1. The third-order valence-corrected chi connectivity index (χ3v) is 8.27. The van der Waals surface area contributed by atoms with Crippen LogP contribution in [0.3, 0.4) is 0 Å². The Bertz CT molecular complexity index is 797. The number of rotatable bonds is 3. The molecule has 6 heteroatoms. The molecule has 3 fully saturated rings. The van der Waals surface area contributed by atoms with Gasteiger partial charge in [-0.25, -0.2) is 0 Å². The van der Waals surface area contributed by atoms with Gasteiger partial charge in [0.25, 0.3) is 0 Å². The number of Topliss-reactive ketones (excluding diaryl/α,β-unsaturated/α-hetero) is 1. The van der Waals surface area contributed by atoms with Gasteiger partial charge in [0, 0.05) is 37.5 Å². The number of hydrogen-bond donors (Lipinski definition) is 0. The van der Waals surface area contributed by atoms with E-state index in [1.54, 1.807) is 6.08 Å². The first-order valence-electron chi connectivity index (χ1n) is 10.8. The molecule has 0 aromatic rings. The molecule has 158 valence electrons. The van der Waals surface area contributed by atoms with Crippen LogP contribution in [0.15, 0.2) is 11.6 Å². The Morgan fingerprint density at radius 3 is 2.52 bits per heavy atom. The van der Waals surface area contributed by atoms with Gasteiger partial charge in [-0.1, -0.05) is 12.5 Å². The van der Waals surface area contributed by atoms with E-state index in [0.717, 1.165) is 37.7 Å². The van der Waals surface area contributed by atoms with Crippen molar-refractivity contribution in [1.82, 2.24) is 0 Å². The van der Waals surface area contributed by atoms with E-state index in [1.807, 2.05) is 0 Å². The van der Waals surface area contributed by atoms with Crippen LogP contribution in [-0.2, 0) is 28.7 Å². The molecule has 4 aliphatic carbocycles. The number of hydrogen-bond acceptors (Lipinski definition) is 6. The van der Waals surface area contributed by atoms with Gasteiger partial charge in [0.2, 0.25) is 0 Å². The molecule has 3 saturated carbocycles. The molecule has 0 spiro atoms. The van der Waals surface area contributed by atoms with Gasteiger partial charge in [0.05, 0.1) is 0 Å². The summed E-state index contributed by atoms with van der Waals surface area (Å²) in [5.74, 6) is 0.299. The van der Waals surface area contributed by atoms with Crippen molar-refractivity contribution in [3.05, 3.63) is 11.6 Å². The van der Waals surface area contributed by atoms with Gasteiger partial charge in [-0.15, -0.1) is 0 Å². The summed E-state index contributed by atoms with van der Waals surface area (Å²) in [4.78, 5) is 48.5. The highest BCUT2D eigenvalue weighted by Gasteiger charge is 2.61. The van der Waals surface area contributed by atoms with Crippen LogP contribution in [0.4, 0.5) is 0 Å². The minimum Gasteiger partial charge on any atom is -0.465 e. The maximum absolute atomic E-state index is 12.6. The summed E-state index contributed by atoms with van der Waals surface area (Å²) in [5.41, 5.74) is 0.293. The summed E-state index contributed by atoms with van der Waals surface area (Å²) in [6.07, 6.45) is 6.17. The van der Waals surface area contributed by atoms with E-state index < -0.39 is 17.5 Å². The molecule has 0 unspecified atom stereocenters. The summed E-state index contributed by atoms with van der Waals surface area (Å²) in [6.45, 7) is 5.04. The lowest BCUT2D eigenvalue weighted by atomic mass is 9.47. The highest BCUT2D eigenvalue weighted by molar-refractivity contribution is 5.96. The summed E-state index contributed by atoms with van der Waals surface area (Å²) >= 11 is 0. The molecule has 4 aliphatic rings. The van der Waals surface area contributed by atoms with Gasteiger partial charge >= 0.3 is 11.9 Å². The van der Waals surface area contributed by atoms with Crippen molar-refractivity contribution in [2.45, 2.75) is 71.8 Å². The Hall–Kier alpha value is -1.98. The molecular weight excluding hydrogens is 372 g/mol. The number of fused-ring (bicyclic) bond motifs is 5. The number of ether oxygens (including phenoxy) is 2. The Balaban J connectivity index is 1.73. The van der Waals surface area contributed by atoms with Gasteiger partial charge in [-0.05, 0) is 55.9 Å². The van der Waals surface area contributed by atoms with Crippen molar-refractivity contribution in [2.75, 3.05) is 6.61 Å². The normalized spacial score (nSPS) is 41.0. The van der Waals surface area contributed by atoms with E-state index in [9.17, 15) is 19.2 Å². The highest BCUT2D eigenvalue weighted by atomic mass is 16.5. The maximum atomic E-state index is 12.6. The first kappa shape index (κ1) is 20.3. The fourth-order valence-electron chi connectivity index (χ4n) is 6.94. The van der Waals surface area contributed by atoms with Gasteiger partial charge in [-0.2, -0.15) is 0 Å². The first-order chi connectivity index (χ1) is 13.7. The second kappa shape index (κ2) is 7.06. The number of carbonyl (C=O) groups excluding carboxylic acids is 4. The molecule has 0 amide bonds. The average Bonchev–Trinajstić information content (AvgIpc) is 2.95. The summed E-state index contributed by atoms with van der Waals surface area (Å²) in [5, 5.41) is 0. The Kier molecular flexibility index (Phi) is 4.94. The van der Waals surface area contributed by atoms with Crippen LogP contribution in [0.5, 0.6) is 0 Å². The minimum atomic E-state index is -0.830. The van der Waals surface area contributed by atoms with Crippen molar-refractivity contribution in [2.24, 2.45) is 28.6 Å². The zero-order chi connectivity index (χ0) is 21.0. The topological polar surface area (TPSA) is 86.7 Å². The van der Waals surface area contributed by atoms with Crippen LogP contribution in [0, 0.1) is 28.6 Å². The monoisotopic (exact) mass is 402 g/mol. The molecule has 29 heavy (non-hydrogen) atoms. The van der Waals surface area contributed by atoms with E-state index in [-0.39, 0.29) is 29.7 Å². The lowest BCUT2D eigenvalue weighted by Gasteiger charge is -2.58. The molecule has 0 radical (unpaired) electrons. The van der Waals surface area contributed by atoms with Crippen LogP contribution in [0.2, 0.25) is 0 Å². The fourth-order valence-corrected chi connectivity index (χ4v) is 6.94.